The maximum absolute atomic E-state index is 12.6. The Kier molecular flexibility index (Phi) is 6.67. The number of nitrogens with zero attached hydrogens (tertiary/aromatic N) is 4. The summed E-state index contributed by atoms with van der Waals surface area (Å²) in [4.78, 5) is 12.6. The third kappa shape index (κ3) is 4.88. The quantitative estimate of drug-likeness (QED) is 0.299. The Labute approximate surface area is 207 Å². The molecular weight excluding hydrogens is 541 g/mol. The molecule has 4 aromatic rings. The van der Waals surface area contributed by atoms with Crippen LogP contribution in [0.4, 0.5) is 5.82 Å². The fourth-order valence-corrected chi connectivity index (χ4v) is 3.92. The van der Waals surface area contributed by atoms with Crippen LogP contribution in [0, 0.1) is 13.8 Å². The van der Waals surface area contributed by atoms with E-state index in [2.05, 4.69) is 31.4 Å². The van der Waals surface area contributed by atoms with E-state index in [0.717, 1.165) is 21.4 Å². The number of nitrogens with one attached hydrogen (secondary N) is 1. The van der Waals surface area contributed by atoms with E-state index in [-0.39, 0.29) is 11.6 Å². The Morgan fingerprint density at radius 1 is 1.06 bits per heavy atom. The highest BCUT2D eigenvalue weighted by molar-refractivity contribution is 9.10. The van der Waals surface area contributed by atoms with Gasteiger partial charge in [0.1, 0.15) is 10.8 Å². The van der Waals surface area contributed by atoms with Gasteiger partial charge in [0, 0.05) is 6.20 Å². The van der Waals surface area contributed by atoms with E-state index in [0.29, 0.717) is 33.9 Å². The zero-order valence-corrected chi connectivity index (χ0v) is 20.8. The number of aryl methyl sites for hydroxylation is 1. The number of amides is 1. The molecule has 3 aromatic heterocycles. The molecule has 0 fully saturated rings. The van der Waals surface area contributed by atoms with E-state index in [9.17, 15) is 4.79 Å². The normalized spacial score (nSPS) is 11.2. The summed E-state index contributed by atoms with van der Waals surface area (Å²) in [5.41, 5.74) is 2.75. The van der Waals surface area contributed by atoms with Crippen molar-refractivity contribution in [1.29, 1.82) is 0 Å². The van der Waals surface area contributed by atoms with Crippen LogP contribution in [0.15, 0.2) is 45.4 Å². The van der Waals surface area contributed by atoms with Gasteiger partial charge in [0.2, 0.25) is 0 Å². The van der Waals surface area contributed by atoms with E-state index in [4.69, 9.17) is 39.2 Å². The SMILES string of the molecule is Cc1nn(Cc2ccc(C(=O)Nc3nn(Cc4ccc(Cl)c(Cl)c4)cc3Cl)o2)c(C)c1Br. The number of aromatic nitrogens is 4. The fourth-order valence-electron chi connectivity index (χ4n) is 3.12. The average molecular weight is 558 g/mol. The highest BCUT2D eigenvalue weighted by Crippen LogP contribution is 2.25. The van der Waals surface area contributed by atoms with Gasteiger partial charge in [0.15, 0.2) is 11.6 Å². The van der Waals surface area contributed by atoms with Crippen molar-refractivity contribution < 1.29 is 9.21 Å². The van der Waals surface area contributed by atoms with Gasteiger partial charge < -0.3 is 9.73 Å². The number of carbonyl (C=O) groups is 1. The first-order valence-electron chi connectivity index (χ1n) is 9.47. The Morgan fingerprint density at radius 3 is 2.53 bits per heavy atom. The van der Waals surface area contributed by atoms with Gasteiger partial charge in [-0.2, -0.15) is 10.2 Å². The van der Waals surface area contributed by atoms with Crippen molar-refractivity contribution in [2.45, 2.75) is 26.9 Å². The highest BCUT2D eigenvalue weighted by atomic mass is 79.9. The number of halogens is 4. The minimum Gasteiger partial charge on any atom is -0.454 e. The molecule has 0 spiro atoms. The standard InChI is InChI=1S/C21H17BrCl3N5O2/c1-11-19(22)12(2)30(27-11)9-14-4-6-18(32-14)21(31)26-20-17(25)10-29(28-20)8-13-3-5-15(23)16(24)7-13/h3-7,10H,8-9H2,1-2H3,(H,26,28,31). The van der Waals surface area contributed by atoms with Crippen molar-refractivity contribution in [1.82, 2.24) is 19.6 Å². The molecule has 1 amide bonds. The van der Waals surface area contributed by atoms with Crippen molar-refractivity contribution in [3.8, 4) is 0 Å². The second-order valence-corrected chi connectivity index (χ2v) is 9.15. The van der Waals surface area contributed by atoms with Gasteiger partial charge >= 0.3 is 0 Å². The molecule has 1 N–H and O–H groups in total. The molecule has 1 aromatic carbocycles. The van der Waals surface area contributed by atoms with Crippen molar-refractivity contribution in [2.75, 3.05) is 5.32 Å². The van der Waals surface area contributed by atoms with Crippen LogP contribution in [0.2, 0.25) is 15.1 Å². The summed E-state index contributed by atoms with van der Waals surface area (Å²) in [5, 5.41) is 12.7. The molecule has 3 heterocycles. The smallest absolute Gasteiger partial charge is 0.292 e. The van der Waals surface area contributed by atoms with Crippen molar-refractivity contribution >= 4 is 62.5 Å². The lowest BCUT2D eigenvalue weighted by atomic mass is 10.2. The number of carbonyl (C=O) groups excluding carboxylic acids is 1. The molecule has 166 valence electrons. The first-order chi connectivity index (χ1) is 15.2. The minimum absolute atomic E-state index is 0.149. The number of anilines is 1. The van der Waals surface area contributed by atoms with Crippen LogP contribution in [0.25, 0.3) is 0 Å². The van der Waals surface area contributed by atoms with Gasteiger partial charge in [0.25, 0.3) is 5.91 Å². The molecule has 0 aliphatic carbocycles. The molecule has 11 heteroatoms. The van der Waals surface area contributed by atoms with E-state index >= 15 is 0 Å². The van der Waals surface area contributed by atoms with Crippen molar-refractivity contribution in [2.24, 2.45) is 0 Å². The van der Waals surface area contributed by atoms with E-state index < -0.39 is 5.91 Å². The summed E-state index contributed by atoms with van der Waals surface area (Å²) >= 11 is 21.8. The van der Waals surface area contributed by atoms with Crippen LogP contribution in [0.5, 0.6) is 0 Å². The molecule has 0 saturated heterocycles. The van der Waals surface area contributed by atoms with Crippen LogP contribution >= 0.6 is 50.7 Å². The largest absolute Gasteiger partial charge is 0.454 e. The first-order valence-corrected chi connectivity index (χ1v) is 11.4. The zero-order chi connectivity index (χ0) is 23.0. The summed E-state index contributed by atoms with van der Waals surface area (Å²) in [6, 6.07) is 8.65. The Balaban J connectivity index is 1.44. The van der Waals surface area contributed by atoms with Crippen LogP contribution < -0.4 is 5.32 Å². The van der Waals surface area contributed by atoms with Crippen LogP contribution in [-0.2, 0) is 13.1 Å². The zero-order valence-electron chi connectivity index (χ0n) is 17.0. The number of hydrogen-bond acceptors (Lipinski definition) is 4. The predicted molar refractivity (Wildman–Crippen MR) is 128 cm³/mol. The number of benzene rings is 1. The molecule has 0 radical (unpaired) electrons. The Morgan fingerprint density at radius 2 is 1.84 bits per heavy atom. The van der Waals surface area contributed by atoms with Gasteiger partial charge in [-0.3, -0.25) is 14.2 Å². The molecule has 0 aliphatic heterocycles. The summed E-state index contributed by atoms with van der Waals surface area (Å²) in [6.07, 6.45) is 1.62. The van der Waals surface area contributed by atoms with Crippen molar-refractivity contribution in [3.05, 3.63) is 84.5 Å². The van der Waals surface area contributed by atoms with Gasteiger partial charge in [-0.1, -0.05) is 40.9 Å². The lowest BCUT2D eigenvalue weighted by Gasteiger charge is -2.04. The monoisotopic (exact) mass is 555 g/mol. The highest BCUT2D eigenvalue weighted by Gasteiger charge is 2.17. The molecule has 0 unspecified atom stereocenters. The van der Waals surface area contributed by atoms with Crippen LogP contribution in [-0.4, -0.2) is 25.5 Å². The molecule has 0 aliphatic rings. The van der Waals surface area contributed by atoms with Gasteiger partial charge in [-0.05, 0) is 59.6 Å². The molecule has 32 heavy (non-hydrogen) atoms. The van der Waals surface area contributed by atoms with Crippen LogP contribution in [0.1, 0.15) is 33.3 Å². The molecule has 4 rings (SSSR count). The maximum Gasteiger partial charge on any atom is 0.292 e. The Bertz CT molecular complexity index is 1310. The van der Waals surface area contributed by atoms with E-state index in [1.54, 1.807) is 35.1 Å². The van der Waals surface area contributed by atoms with Crippen molar-refractivity contribution in [3.63, 3.8) is 0 Å². The second kappa shape index (κ2) is 9.31. The third-order valence-electron chi connectivity index (χ3n) is 4.76. The molecule has 7 nitrogen and oxygen atoms in total. The Hall–Kier alpha value is -2.26. The van der Waals surface area contributed by atoms with Gasteiger partial charge in [0.05, 0.1) is 39.0 Å². The molecule has 0 atom stereocenters. The first kappa shape index (κ1) is 22.9. The fraction of sp³-hybridized carbons (Fsp3) is 0.190. The van der Waals surface area contributed by atoms with E-state index in [1.165, 1.54) is 0 Å². The summed E-state index contributed by atoms with van der Waals surface area (Å²) in [6.45, 7) is 4.69. The number of rotatable bonds is 6. The molecule has 0 bridgehead atoms. The lowest BCUT2D eigenvalue weighted by Crippen LogP contribution is -2.12. The third-order valence-corrected chi connectivity index (χ3v) is 6.93. The summed E-state index contributed by atoms with van der Waals surface area (Å²) in [7, 11) is 0. The molecule has 0 saturated carbocycles. The number of hydrogen-bond donors (Lipinski definition) is 1. The number of furan rings is 1. The van der Waals surface area contributed by atoms with Gasteiger partial charge in [-0.25, -0.2) is 0 Å². The average Bonchev–Trinajstić information content (AvgIpc) is 3.41. The lowest BCUT2D eigenvalue weighted by molar-refractivity contribution is 0.0994. The van der Waals surface area contributed by atoms with Gasteiger partial charge in [-0.15, -0.1) is 0 Å². The summed E-state index contributed by atoms with van der Waals surface area (Å²) in [5.74, 6) is 0.532. The summed E-state index contributed by atoms with van der Waals surface area (Å²) < 4.78 is 10.1. The van der Waals surface area contributed by atoms with E-state index in [1.807, 2.05) is 24.6 Å². The second-order valence-electron chi connectivity index (χ2n) is 7.13. The maximum atomic E-state index is 12.6. The van der Waals surface area contributed by atoms with Crippen LogP contribution in [0.3, 0.4) is 0 Å². The minimum atomic E-state index is -0.451. The predicted octanol–water partition coefficient (Wildman–Crippen LogP) is 6.36. The molecular formula is C21H17BrCl3N5O2. The topological polar surface area (TPSA) is 77.9 Å².